The predicted molar refractivity (Wildman–Crippen MR) is 105 cm³/mol. The van der Waals surface area contributed by atoms with E-state index in [4.69, 9.17) is 9.88 Å². The number of fused-ring (bicyclic) bond motifs is 1. The molecule has 7 nitrogen and oxygen atoms in total. The zero-order valence-electron chi connectivity index (χ0n) is 15.3. The Hall–Kier alpha value is -2.58. The van der Waals surface area contributed by atoms with E-state index in [1.165, 1.54) is 6.07 Å². The van der Waals surface area contributed by atoms with Gasteiger partial charge in [0.15, 0.2) is 0 Å². The molecule has 0 unspecified atom stereocenters. The van der Waals surface area contributed by atoms with Crippen molar-refractivity contribution in [3.05, 3.63) is 48.0 Å². The molecule has 0 radical (unpaired) electrons. The molecule has 0 saturated carbocycles. The molecular formula is C19H23N3O4S. The molecule has 1 aliphatic heterocycles. The number of carbonyl (C=O) groups is 1. The van der Waals surface area contributed by atoms with E-state index in [0.29, 0.717) is 18.7 Å². The molecule has 1 heterocycles. The zero-order valence-corrected chi connectivity index (χ0v) is 16.1. The van der Waals surface area contributed by atoms with Crippen molar-refractivity contribution in [1.29, 1.82) is 0 Å². The van der Waals surface area contributed by atoms with Crippen LogP contribution in [0.2, 0.25) is 0 Å². The Morgan fingerprint density at radius 1 is 1.26 bits per heavy atom. The Morgan fingerprint density at radius 3 is 2.59 bits per heavy atom. The third-order valence-corrected chi connectivity index (χ3v) is 5.41. The first-order valence-corrected chi connectivity index (χ1v) is 10.3. The molecule has 0 fully saturated rings. The second kappa shape index (κ2) is 7.58. The van der Waals surface area contributed by atoms with Crippen molar-refractivity contribution in [1.82, 2.24) is 0 Å². The third-order valence-electron chi connectivity index (χ3n) is 4.50. The second-order valence-electron chi connectivity index (χ2n) is 6.52. The van der Waals surface area contributed by atoms with Gasteiger partial charge in [0, 0.05) is 17.4 Å². The number of nitrogens with two attached hydrogens (primary N) is 1. The minimum Gasteiger partial charge on any atom is -0.494 e. The van der Waals surface area contributed by atoms with E-state index in [2.05, 4.69) is 5.32 Å². The molecule has 1 atom stereocenters. The van der Waals surface area contributed by atoms with Gasteiger partial charge in [0.25, 0.3) is 0 Å². The van der Waals surface area contributed by atoms with E-state index >= 15 is 0 Å². The lowest BCUT2D eigenvalue weighted by molar-refractivity contribution is -0.115. The fraction of sp³-hybridized carbons (Fsp3) is 0.316. The quantitative estimate of drug-likeness (QED) is 0.788. The van der Waals surface area contributed by atoms with Crippen LogP contribution in [0.1, 0.15) is 19.4 Å². The van der Waals surface area contributed by atoms with Gasteiger partial charge >= 0.3 is 0 Å². The van der Waals surface area contributed by atoms with Crippen LogP contribution in [0.3, 0.4) is 0 Å². The summed E-state index contributed by atoms with van der Waals surface area (Å²) in [5, 5.41) is 8.08. The average Bonchev–Trinajstić information content (AvgIpc) is 2.91. The molecule has 144 valence electrons. The van der Waals surface area contributed by atoms with Gasteiger partial charge in [0.2, 0.25) is 15.9 Å². The van der Waals surface area contributed by atoms with Crippen molar-refractivity contribution >= 4 is 27.3 Å². The molecule has 27 heavy (non-hydrogen) atoms. The minimum absolute atomic E-state index is 0.0850. The van der Waals surface area contributed by atoms with E-state index in [1.54, 1.807) is 24.3 Å². The number of hydrogen-bond acceptors (Lipinski definition) is 5. The molecule has 2 aromatic rings. The SMILES string of the molecule is CCOc1ccc(NC(=O)CN2c3ccc(S(N)(=O)=O)cc3C[C@@H]2C)cc1. The van der Waals surface area contributed by atoms with Gasteiger partial charge in [-0.1, -0.05) is 0 Å². The van der Waals surface area contributed by atoms with Crippen molar-refractivity contribution in [2.75, 3.05) is 23.4 Å². The summed E-state index contributed by atoms with van der Waals surface area (Å²) in [6.45, 7) is 4.68. The number of primary sulfonamides is 1. The van der Waals surface area contributed by atoms with Gasteiger partial charge < -0.3 is 15.0 Å². The van der Waals surface area contributed by atoms with Crippen LogP contribution in [0.5, 0.6) is 5.75 Å². The van der Waals surface area contributed by atoms with Gasteiger partial charge in [-0.3, -0.25) is 4.79 Å². The molecule has 0 aliphatic carbocycles. The number of sulfonamides is 1. The molecule has 3 N–H and O–H groups in total. The Balaban J connectivity index is 1.70. The molecule has 8 heteroatoms. The molecular weight excluding hydrogens is 366 g/mol. The van der Waals surface area contributed by atoms with Crippen LogP contribution in [0.15, 0.2) is 47.4 Å². The van der Waals surface area contributed by atoms with Gasteiger partial charge in [-0.2, -0.15) is 0 Å². The summed E-state index contributed by atoms with van der Waals surface area (Å²) in [6, 6.07) is 12.1. The first kappa shape index (κ1) is 19.2. The topological polar surface area (TPSA) is 102 Å². The van der Waals surface area contributed by atoms with E-state index in [-0.39, 0.29) is 23.4 Å². The standard InChI is InChI=1S/C19H23N3O4S/c1-3-26-16-6-4-15(5-7-16)21-19(23)12-22-13(2)10-14-11-17(27(20,24)25)8-9-18(14)22/h4-9,11,13H,3,10,12H2,1-2H3,(H,21,23)(H2,20,24,25)/t13-/m0/s1. The van der Waals surface area contributed by atoms with Crippen LogP contribution in [0.4, 0.5) is 11.4 Å². The smallest absolute Gasteiger partial charge is 0.243 e. The summed E-state index contributed by atoms with van der Waals surface area (Å²) in [6.07, 6.45) is 0.662. The molecule has 0 aromatic heterocycles. The van der Waals surface area contributed by atoms with Gasteiger partial charge in [0.05, 0.1) is 18.0 Å². The molecule has 1 aliphatic rings. The summed E-state index contributed by atoms with van der Waals surface area (Å²) in [5.41, 5.74) is 2.43. The van der Waals surface area contributed by atoms with Gasteiger partial charge in [-0.25, -0.2) is 13.6 Å². The highest BCUT2D eigenvalue weighted by Crippen LogP contribution is 2.33. The third kappa shape index (κ3) is 4.40. The van der Waals surface area contributed by atoms with Crippen LogP contribution in [-0.4, -0.2) is 33.5 Å². The molecule has 0 spiro atoms. The summed E-state index contributed by atoms with van der Waals surface area (Å²) in [5.74, 6) is 0.609. The lowest BCUT2D eigenvalue weighted by atomic mass is 10.1. The van der Waals surface area contributed by atoms with Gasteiger partial charge in [0.1, 0.15) is 5.75 Å². The van der Waals surface area contributed by atoms with E-state index < -0.39 is 10.0 Å². The number of anilines is 2. The van der Waals surface area contributed by atoms with Crippen LogP contribution in [-0.2, 0) is 21.2 Å². The molecule has 0 saturated heterocycles. The second-order valence-corrected chi connectivity index (χ2v) is 8.08. The maximum atomic E-state index is 12.5. The largest absolute Gasteiger partial charge is 0.494 e. The number of amides is 1. The van der Waals surface area contributed by atoms with Crippen molar-refractivity contribution < 1.29 is 17.9 Å². The molecule has 2 aromatic carbocycles. The van der Waals surface area contributed by atoms with E-state index in [9.17, 15) is 13.2 Å². The maximum absolute atomic E-state index is 12.5. The van der Waals surface area contributed by atoms with Crippen molar-refractivity contribution in [3.63, 3.8) is 0 Å². The highest BCUT2D eigenvalue weighted by atomic mass is 32.2. The minimum atomic E-state index is -3.74. The van der Waals surface area contributed by atoms with Crippen molar-refractivity contribution in [2.45, 2.75) is 31.2 Å². The number of ether oxygens (including phenoxy) is 1. The number of nitrogens with one attached hydrogen (secondary N) is 1. The Labute approximate surface area is 159 Å². The number of rotatable bonds is 6. The lowest BCUT2D eigenvalue weighted by Crippen LogP contribution is -2.37. The maximum Gasteiger partial charge on any atom is 0.243 e. The predicted octanol–water partition coefficient (Wildman–Crippen LogP) is 2.12. The van der Waals surface area contributed by atoms with E-state index in [0.717, 1.165) is 17.0 Å². The summed E-state index contributed by atoms with van der Waals surface area (Å²) in [4.78, 5) is 14.5. The number of carbonyl (C=O) groups excluding carboxylic acids is 1. The first-order chi connectivity index (χ1) is 12.8. The fourth-order valence-electron chi connectivity index (χ4n) is 3.25. The first-order valence-electron chi connectivity index (χ1n) is 8.73. The Morgan fingerprint density at radius 2 is 1.96 bits per heavy atom. The van der Waals surface area contributed by atoms with Crippen LogP contribution >= 0.6 is 0 Å². The Kier molecular flexibility index (Phi) is 5.38. The molecule has 0 bridgehead atoms. The number of nitrogens with zero attached hydrogens (tertiary/aromatic N) is 1. The van der Waals surface area contributed by atoms with Gasteiger partial charge in [-0.15, -0.1) is 0 Å². The van der Waals surface area contributed by atoms with Crippen molar-refractivity contribution in [2.24, 2.45) is 5.14 Å². The highest BCUT2D eigenvalue weighted by molar-refractivity contribution is 7.89. The fourth-order valence-corrected chi connectivity index (χ4v) is 3.81. The summed E-state index contributed by atoms with van der Waals surface area (Å²) in [7, 11) is -3.74. The lowest BCUT2D eigenvalue weighted by Gasteiger charge is -2.24. The van der Waals surface area contributed by atoms with Crippen molar-refractivity contribution in [3.8, 4) is 5.75 Å². The number of hydrogen-bond donors (Lipinski definition) is 2. The molecule has 1 amide bonds. The zero-order chi connectivity index (χ0) is 19.6. The van der Waals surface area contributed by atoms with Crippen LogP contribution in [0.25, 0.3) is 0 Å². The summed E-state index contributed by atoms with van der Waals surface area (Å²) < 4.78 is 28.5. The van der Waals surface area contributed by atoms with Gasteiger partial charge in [-0.05, 0) is 68.3 Å². The Bertz CT molecular complexity index is 942. The number of benzene rings is 2. The monoisotopic (exact) mass is 389 g/mol. The molecule has 3 rings (SSSR count). The normalized spacial score (nSPS) is 16.1. The van der Waals surface area contributed by atoms with E-state index in [1.807, 2.05) is 30.9 Å². The van der Waals surface area contributed by atoms with Crippen LogP contribution in [0, 0.1) is 0 Å². The summed E-state index contributed by atoms with van der Waals surface area (Å²) >= 11 is 0. The highest BCUT2D eigenvalue weighted by Gasteiger charge is 2.28. The van der Waals surface area contributed by atoms with Crippen LogP contribution < -0.4 is 20.1 Å². The average molecular weight is 389 g/mol.